The highest BCUT2D eigenvalue weighted by Crippen LogP contribution is 2.35. The van der Waals surface area contributed by atoms with Gasteiger partial charge in [-0.25, -0.2) is 14.4 Å². The fourth-order valence-electron chi connectivity index (χ4n) is 5.87. The Balaban J connectivity index is 1.29. The summed E-state index contributed by atoms with van der Waals surface area (Å²) in [4.78, 5) is 34.6. The predicted molar refractivity (Wildman–Crippen MR) is 226 cm³/mol. The summed E-state index contributed by atoms with van der Waals surface area (Å²) in [7, 11) is 0. The van der Waals surface area contributed by atoms with Crippen LogP contribution < -0.4 is 18.9 Å². The molecule has 0 bridgehead atoms. The third kappa shape index (κ3) is 13.9. The smallest absolute Gasteiger partial charge is 0.330 e. The highest BCUT2D eigenvalue weighted by atomic mass is 16.6. The molecule has 60 heavy (non-hydrogen) atoms. The Labute approximate surface area is 351 Å². The van der Waals surface area contributed by atoms with Crippen LogP contribution in [0.5, 0.6) is 23.0 Å². The molecular weight excluding hydrogens is 769 g/mol. The number of aliphatic hydroxyl groups excluding tert-OH is 2. The average molecular weight is 823 g/mol. The van der Waals surface area contributed by atoms with E-state index in [9.17, 15) is 24.6 Å². The van der Waals surface area contributed by atoms with Crippen molar-refractivity contribution in [2.24, 2.45) is 0 Å². The van der Waals surface area contributed by atoms with Crippen LogP contribution in [0.2, 0.25) is 0 Å². The number of esters is 3. The molecule has 0 aliphatic carbocycles. The predicted octanol–water partition coefficient (Wildman–Crippen LogP) is 6.83. The van der Waals surface area contributed by atoms with E-state index in [0.29, 0.717) is 23.0 Å². The van der Waals surface area contributed by atoms with Gasteiger partial charge in [0.15, 0.2) is 6.10 Å². The van der Waals surface area contributed by atoms with E-state index < -0.39 is 36.2 Å². The standard InChI is InChI=1S/C48H54O12/c1-8-44(51)58-29-37(49)27-54-39-19-11-33(12-20-39)47(4,5)35-15-23-41(24-16-35)56-31-43(60-46(53)10-3)32-57-42-25-17-36(18-26-42)48(6,7)34-13-21-40(22-14-34)55-28-38(50)30-59-45(52)9-2/h8-26,37-38,43,49-50H,1-3,27-32H2,4-7H3. The van der Waals surface area contributed by atoms with Crippen LogP contribution in [-0.2, 0) is 39.4 Å². The second-order valence-corrected chi connectivity index (χ2v) is 14.8. The maximum Gasteiger partial charge on any atom is 0.330 e. The van der Waals surface area contributed by atoms with Crippen molar-refractivity contribution >= 4 is 17.9 Å². The Bertz CT molecular complexity index is 1880. The zero-order chi connectivity index (χ0) is 43.7. The van der Waals surface area contributed by atoms with Gasteiger partial charge in [0.1, 0.15) is 74.8 Å². The molecule has 0 heterocycles. The van der Waals surface area contributed by atoms with Gasteiger partial charge in [-0.3, -0.25) is 0 Å². The highest BCUT2D eigenvalue weighted by molar-refractivity contribution is 5.82. The minimum atomic E-state index is -0.973. The summed E-state index contributed by atoms with van der Waals surface area (Å²) in [5.41, 5.74) is 3.42. The lowest BCUT2D eigenvalue weighted by Crippen LogP contribution is -2.30. The maximum atomic E-state index is 12.2. The molecule has 2 unspecified atom stereocenters. The average Bonchev–Trinajstić information content (AvgIpc) is 3.27. The van der Waals surface area contributed by atoms with Crippen molar-refractivity contribution in [3.63, 3.8) is 0 Å². The van der Waals surface area contributed by atoms with E-state index in [1.165, 1.54) is 0 Å². The highest BCUT2D eigenvalue weighted by Gasteiger charge is 2.25. The van der Waals surface area contributed by atoms with E-state index in [1.807, 2.05) is 97.1 Å². The van der Waals surface area contributed by atoms with Crippen molar-refractivity contribution in [2.75, 3.05) is 39.6 Å². The van der Waals surface area contributed by atoms with E-state index in [1.54, 1.807) is 0 Å². The van der Waals surface area contributed by atoms with Crippen LogP contribution in [0, 0.1) is 0 Å². The van der Waals surface area contributed by atoms with Crippen LogP contribution in [0.25, 0.3) is 0 Å². The Morgan fingerprint density at radius 2 is 0.733 bits per heavy atom. The maximum absolute atomic E-state index is 12.2. The topological polar surface area (TPSA) is 156 Å². The molecule has 0 amide bonds. The van der Waals surface area contributed by atoms with Gasteiger partial charge in [-0.05, 0) is 70.8 Å². The summed E-state index contributed by atoms with van der Waals surface area (Å²) in [5, 5.41) is 20.0. The van der Waals surface area contributed by atoms with Crippen LogP contribution in [0.1, 0.15) is 49.9 Å². The first kappa shape index (κ1) is 46.3. The number of aliphatic hydroxyl groups is 2. The molecule has 0 aliphatic heterocycles. The molecule has 0 aromatic heterocycles. The molecule has 2 N–H and O–H groups in total. The lowest BCUT2D eigenvalue weighted by Gasteiger charge is -2.27. The Hall–Kier alpha value is -6.37. The monoisotopic (exact) mass is 822 g/mol. The van der Waals surface area contributed by atoms with Gasteiger partial charge in [0, 0.05) is 29.1 Å². The van der Waals surface area contributed by atoms with Crippen LogP contribution in [0.3, 0.4) is 0 Å². The summed E-state index contributed by atoms with van der Waals surface area (Å²) in [6.07, 6.45) is 0.489. The fraction of sp³-hybridized carbons (Fsp3) is 0.312. The third-order valence-electron chi connectivity index (χ3n) is 9.68. The second-order valence-electron chi connectivity index (χ2n) is 14.8. The summed E-state index contributed by atoms with van der Waals surface area (Å²) >= 11 is 0. The number of carbonyl (C=O) groups excluding carboxylic acids is 3. The zero-order valence-corrected chi connectivity index (χ0v) is 34.5. The van der Waals surface area contributed by atoms with Gasteiger partial charge < -0.3 is 43.4 Å². The number of benzene rings is 4. The van der Waals surface area contributed by atoms with Gasteiger partial charge in [0.2, 0.25) is 0 Å². The molecule has 2 atom stereocenters. The van der Waals surface area contributed by atoms with Crippen LogP contribution in [0.15, 0.2) is 135 Å². The van der Waals surface area contributed by atoms with Gasteiger partial charge in [-0.2, -0.15) is 0 Å². The first-order valence-electron chi connectivity index (χ1n) is 19.4. The van der Waals surface area contributed by atoms with Crippen molar-refractivity contribution < 1.29 is 57.8 Å². The molecule has 318 valence electrons. The molecule has 12 heteroatoms. The normalized spacial score (nSPS) is 12.8. The van der Waals surface area contributed by atoms with E-state index in [4.69, 9.17) is 33.2 Å². The molecule has 4 rings (SSSR count). The summed E-state index contributed by atoms with van der Waals surface area (Å²) in [6, 6.07) is 30.5. The first-order valence-corrected chi connectivity index (χ1v) is 19.4. The molecule has 0 aliphatic rings. The lowest BCUT2D eigenvalue weighted by molar-refractivity contribution is -0.146. The second kappa shape index (κ2) is 22.1. The zero-order valence-electron chi connectivity index (χ0n) is 34.5. The van der Waals surface area contributed by atoms with Crippen LogP contribution in [0.4, 0.5) is 0 Å². The lowest BCUT2D eigenvalue weighted by atomic mass is 9.78. The van der Waals surface area contributed by atoms with Crippen LogP contribution >= 0.6 is 0 Å². The van der Waals surface area contributed by atoms with Gasteiger partial charge >= 0.3 is 17.9 Å². The molecule has 0 spiro atoms. The minimum absolute atomic E-state index is 0.0359. The Kier molecular flexibility index (Phi) is 17.1. The minimum Gasteiger partial charge on any atom is -0.491 e. The SMILES string of the molecule is C=CC(=O)OCC(O)COc1ccc(C(C)(C)c2ccc(OCC(COc3ccc(C(C)(C)c4ccc(OCC(O)COC(=O)C=C)cc4)cc3)OC(=O)C=C)cc2)cc1. The van der Waals surface area contributed by atoms with E-state index in [0.717, 1.165) is 40.5 Å². The van der Waals surface area contributed by atoms with E-state index in [-0.39, 0.29) is 50.5 Å². The number of carbonyl (C=O) groups is 3. The number of ether oxygens (including phenoxy) is 7. The largest absolute Gasteiger partial charge is 0.491 e. The summed E-state index contributed by atoms with van der Waals surface area (Å²) in [5.74, 6) is 0.501. The van der Waals surface area contributed by atoms with Crippen molar-refractivity contribution in [1.82, 2.24) is 0 Å². The van der Waals surface area contributed by atoms with Gasteiger partial charge in [-0.15, -0.1) is 0 Å². The molecule has 4 aromatic carbocycles. The molecule has 0 radical (unpaired) electrons. The number of hydrogen-bond acceptors (Lipinski definition) is 12. The summed E-state index contributed by atoms with van der Waals surface area (Å²) < 4.78 is 38.6. The molecule has 0 fully saturated rings. The quantitative estimate of drug-likeness (QED) is 0.0432. The first-order chi connectivity index (χ1) is 28.6. The Morgan fingerprint density at radius 3 is 1.00 bits per heavy atom. The fourth-order valence-corrected chi connectivity index (χ4v) is 5.87. The van der Waals surface area contributed by atoms with E-state index >= 15 is 0 Å². The van der Waals surface area contributed by atoms with Crippen LogP contribution in [-0.4, -0.2) is 86.1 Å². The van der Waals surface area contributed by atoms with Gasteiger partial charge in [0.25, 0.3) is 0 Å². The molecule has 0 saturated heterocycles. The van der Waals surface area contributed by atoms with Crippen molar-refractivity contribution in [3.05, 3.63) is 157 Å². The van der Waals surface area contributed by atoms with Gasteiger partial charge in [0.05, 0.1) is 0 Å². The molecule has 4 aromatic rings. The molecule has 0 saturated carbocycles. The summed E-state index contributed by atoms with van der Waals surface area (Å²) in [6.45, 7) is 18.2. The van der Waals surface area contributed by atoms with Crippen molar-refractivity contribution in [2.45, 2.75) is 56.8 Å². The number of hydrogen-bond donors (Lipinski definition) is 2. The third-order valence-corrected chi connectivity index (χ3v) is 9.68. The Morgan fingerprint density at radius 1 is 0.467 bits per heavy atom. The van der Waals surface area contributed by atoms with Gasteiger partial charge in [-0.1, -0.05) is 96.0 Å². The molecular formula is C48H54O12. The van der Waals surface area contributed by atoms with Crippen molar-refractivity contribution in [3.8, 4) is 23.0 Å². The van der Waals surface area contributed by atoms with Crippen molar-refractivity contribution in [1.29, 1.82) is 0 Å². The molecule has 12 nitrogen and oxygen atoms in total. The van der Waals surface area contributed by atoms with E-state index in [2.05, 4.69) is 47.4 Å². The number of rotatable bonds is 24.